The second-order valence-electron chi connectivity index (χ2n) is 4.11. The van der Waals surface area contributed by atoms with E-state index in [9.17, 15) is 4.79 Å². The van der Waals surface area contributed by atoms with Gasteiger partial charge in [-0.1, -0.05) is 28.1 Å². The van der Waals surface area contributed by atoms with Gasteiger partial charge in [0, 0.05) is 17.6 Å². The van der Waals surface area contributed by atoms with Crippen molar-refractivity contribution in [2.75, 3.05) is 26.2 Å². The molecule has 1 amide bonds. The van der Waals surface area contributed by atoms with Crippen LogP contribution in [-0.4, -0.2) is 37.0 Å². The molecule has 1 fully saturated rings. The second kappa shape index (κ2) is 5.62. The SMILES string of the molecule is NC(=O)CN1CCO[C@@H](c2ccc(Br)cc2)C1. The Balaban J connectivity index is 2.01. The lowest BCUT2D eigenvalue weighted by Crippen LogP contribution is -2.42. The van der Waals surface area contributed by atoms with Crippen LogP contribution in [0.15, 0.2) is 28.7 Å². The molecule has 1 atom stereocenters. The van der Waals surface area contributed by atoms with Crippen LogP contribution in [-0.2, 0) is 9.53 Å². The molecule has 92 valence electrons. The Labute approximate surface area is 109 Å². The van der Waals surface area contributed by atoms with Crippen LogP contribution in [0.5, 0.6) is 0 Å². The van der Waals surface area contributed by atoms with Crippen LogP contribution in [0.2, 0.25) is 0 Å². The molecule has 0 aromatic heterocycles. The number of nitrogens with zero attached hydrogens (tertiary/aromatic N) is 1. The minimum absolute atomic E-state index is 0.0243. The molecule has 4 nitrogen and oxygen atoms in total. The Bertz CT molecular complexity index is 394. The minimum Gasteiger partial charge on any atom is -0.371 e. The molecule has 0 unspecified atom stereocenters. The molecule has 1 aliphatic heterocycles. The number of carbonyl (C=O) groups is 1. The summed E-state index contributed by atoms with van der Waals surface area (Å²) in [5.41, 5.74) is 6.33. The lowest BCUT2D eigenvalue weighted by molar-refractivity contribution is -0.121. The first-order valence-electron chi connectivity index (χ1n) is 5.53. The predicted octanol–water partition coefficient (Wildman–Crippen LogP) is 1.31. The predicted molar refractivity (Wildman–Crippen MR) is 68.5 cm³/mol. The lowest BCUT2D eigenvalue weighted by Gasteiger charge is -2.32. The van der Waals surface area contributed by atoms with Crippen LogP contribution < -0.4 is 5.73 Å². The van der Waals surface area contributed by atoms with Crippen molar-refractivity contribution in [3.63, 3.8) is 0 Å². The Kier molecular flexibility index (Phi) is 4.15. The molecule has 0 spiro atoms. The van der Waals surface area contributed by atoms with E-state index in [0.717, 1.165) is 16.6 Å². The van der Waals surface area contributed by atoms with Crippen molar-refractivity contribution in [2.24, 2.45) is 5.73 Å². The van der Waals surface area contributed by atoms with E-state index >= 15 is 0 Å². The monoisotopic (exact) mass is 298 g/mol. The number of carbonyl (C=O) groups excluding carboxylic acids is 1. The van der Waals surface area contributed by atoms with Gasteiger partial charge in [-0.3, -0.25) is 9.69 Å². The Morgan fingerprint density at radius 2 is 2.18 bits per heavy atom. The summed E-state index contributed by atoms with van der Waals surface area (Å²) < 4.78 is 6.75. The number of halogens is 1. The molecule has 17 heavy (non-hydrogen) atoms. The Hall–Kier alpha value is -0.910. The van der Waals surface area contributed by atoms with E-state index in [1.807, 2.05) is 29.2 Å². The summed E-state index contributed by atoms with van der Waals surface area (Å²) in [6.07, 6.45) is 0.0243. The summed E-state index contributed by atoms with van der Waals surface area (Å²) in [5, 5.41) is 0. The van der Waals surface area contributed by atoms with Gasteiger partial charge >= 0.3 is 0 Å². The Morgan fingerprint density at radius 1 is 1.47 bits per heavy atom. The summed E-state index contributed by atoms with van der Waals surface area (Å²) in [5.74, 6) is -0.290. The largest absolute Gasteiger partial charge is 0.371 e. The Morgan fingerprint density at radius 3 is 2.82 bits per heavy atom. The highest BCUT2D eigenvalue weighted by atomic mass is 79.9. The summed E-state index contributed by atoms with van der Waals surface area (Å²) in [7, 11) is 0. The van der Waals surface area contributed by atoms with Crippen LogP contribution >= 0.6 is 15.9 Å². The van der Waals surface area contributed by atoms with Gasteiger partial charge in [-0.2, -0.15) is 0 Å². The number of hydrogen-bond donors (Lipinski definition) is 1. The van der Waals surface area contributed by atoms with Crippen LogP contribution in [0.4, 0.5) is 0 Å². The van der Waals surface area contributed by atoms with E-state index in [1.165, 1.54) is 0 Å². The quantitative estimate of drug-likeness (QED) is 0.915. The average molecular weight is 299 g/mol. The van der Waals surface area contributed by atoms with Gasteiger partial charge in [-0.25, -0.2) is 0 Å². The third kappa shape index (κ3) is 3.52. The van der Waals surface area contributed by atoms with Crippen molar-refractivity contribution in [2.45, 2.75) is 6.10 Å². The maximum Gasteiger partial charge on any atom is 0.231 e. The van der Waals surface area contributed by atoms with Crippen molar-refractivity contribution in [1.82, 2.24) is 4.90 Å². The molecule has 2 N–H and O–H groups in total. The number of nitrogens with two attached hydrogens (primary N) is 1. The molecule has 0 bridgehead atoms. The normalized spacial score (nSPS) is 21.4. The van der Waals surface area contributed by atoms with Gasteiger partial charge in [0.2, 0.25) is 5.91 Å². The molecule has 1 aromatic carbocycles. The molecule has 0 saturated carbocycles. The van der Waals surface area contributed by atoms with E-state index < -0.39 is 0 Å². The van der Waals surface area contributed by atoms with Gasteiger partial charge in [-0.05, 0) is 17.7 Å². The van der Waals surface area contributed by atoms with Gasteiger partial charge in [-0.15, -0.1) is 0 Å². The fourth-order valence-electron chi connectivity index (χ4n) is 1.95. The topological polar surface area (TPSA) is 55.6 Å². The average Bonchev–Trinajstić information content (AvgIpc) is 2.29. The zero-order valence-electron chi connectivity index (χ0n) is 9.43. The smallest absolute Gasteiger partial charge is 0.231 e. The fraction of sp³-hybridized carbons (Fsp3) is 0.417. The third-order valence-corrected chi connectivity index (χ3v) is 3.30. The van der Waals surface area contributed by atoms with Crippen molar-refractivity contribution in [3.8, 4) is 0 Å². The number of morpholine rings is 1. The number of ether oxygens (including phenoxy) is 1. The molecular formula is C12H15BrN2O2. The summed E-state index contributed by atoms with van der Waals surface area (Å²) in [4.78, 5) is 12.9. The van der Waals surface area contributed by atoms with Gasteiger partial charge in [0.05, 0.1) is 19.3 Å². The maximum atomic E-state index is 10.9. The molecule has 1 saturated heterocycles. The van der Waals surface area contributed by atoms with Crippen molar-refractivity contribution in [1.29, 1.82) is 0 Å². The molecule has 1 heterocycles. The summed E-state index contributed by atoms with van der Waals surface area (Å²) in [6, 6.07) is 8.04. The van der Waals surface area contributed by atoms with Crippen molar-refractivity contribution >= 4 is 21.8 Å². The van der Waals surface area contributed by atoms with E-state index in [2.05, 4.69) is 15.9 Å². The molecule has 2 rings (SSSR count). The molecule has 5 heteroatoms. The first kappa shape index (κ1) is 12.5. The van der Waals surface area contributed by atoms with Gasteiger partial charge in [0.1, 0.15) is 0 Å². The lowest BCUT2D eigenvalue weighted by atomic mass is 10.1. The zero-order valence-corrected chi connectivity index (χ0v) is 11.0. The van der Waals surface area contributed by atoms with Crippen molar-refractivity contribution in [3.05, 3.63) is 34.3 Å². The number of primary amides is 1. The molecule has 0 aliphatic carbocycles. The fourth-order valence-corrected chi connectivity index (χ4v) is 2.21. The van der Waals surface area contributed by atoms with Crippen LogP contribution in [0.3, 0.4) is 0 Å². The maximum absolute atomic E-state index is 10.9. The second-order valence-corrected chi connectivity index (χ2v) is 5.03. The minimum atomic E-state index is -0.290. The number of benzene rings is 1. The standard InChI is InChI=1S/C12H15BrN2O2/c13-10-3-1-9(2-4-10)11-7-15(5-6-17-11)8-12(14)16/h1-4,11H,5-8H2,(H2,14,16)/t11-/m1/s1. The van der Waals surface area contributed by atoms with Gasteiger partial charge in [0.15, 0.2) is 0 Å². The van der Waals surface area contributed by atoms with Crippen molar-refractivity contribution < 1.29 is 9.53 Å². The highest BCUT2D eigenvalue weighted by Crippen LogP contribution is 2.23. The molecule has 0 radical (unpaired) electrons. The first-order valence-corrected chi connectivity index (χ1v) is 6.32. The van der Waals surface area contributed by atoms with Gasteiger partial charge < -0.3 is 10.5 Å². The number of amides is 1. The van der Waals surface area contributed by atoms with E-state index in [4.69, 9.17) is 10.5 Å². The highest BCUT2D eigenvalue weighted by molar-refractivity contribution is 9.10. The molecule has 1 aromatic rings. The molecular weight excluding hydrogens is 284 g/mol. The summed E-state index contributed by atoms with van der Waals surface area (Å²) >= 11 is 3.40. The highest BCUT2D eigenvalue weighted by Gasteiger charge is 2.22. The van der Waals surface area contributed by atoms with E-state index in [1.54, 1.807) is 0 Å². The van der Waals surface area contributed by atoms with E-state index in [-0.39, 0.29) is 12.0 Å². The molecule has 1 aliphatic rings. The van der Waals surface area contributed by atoms with Gasteiger partial charge in [0.25, 0.3) is 0 Å². The number of hydrogen-bond acceptors (Lipinski definition) is 3. The van der Waals surface area contributed by atoms with Crippen LogP contribution in [0.25, 0.3) is 0 Å². The van der Waals surface area contributed by atoms with Crippen LogP contribution in [0, 0.1) is 0 Å². The first-order chi connectivity index (χ1) is 8.15. The van der Waals surface area contributed by atoms with E-state index in [0.29, 0.717) is 19.7 Å². The third-order valence-electron chi connectivity index (χ3n) is 2.77. The zero-order chi connectivity index (χ0) is 12.3. The van der Waals surface area contributed by atoms with Crippen LogP contribution in [0.1, 0.15) is 11.7 Å². The number of rotatable bonds is 3. The summed E-state index contributed by atoms with van der Waals surface area (Å²) in [6.45, 7) is 2.41.